The average Bonchev–Trinajstić information content (AvgIpc) is 2.81. The molecule has 0 aliphatic heterocycles. The van der Waals surface area contributed by atoms with E-state index < -0.39 is 5.60 Å². The maximum atomic E-state index is 10.0. The molecule has 1 aromatic heterocycles. The Labute approximate surface area is 118 Å². The molecule has 0 saturated heterocycles. The lowest BCUT2D eigenvalue weighted by Gasteiger charge is -2.28. The van der Waals surface area contributed by atoms with Crippen LogP contribution in [-0.4, -0.2) is 26.3 Å². The van der Waals surface area contributed by atoms with Gasteiger partial charge in [0.1, 0.15) is 0 Å². The SMILES string of the molecule is CC(Nc1cccc(Cl)c1-n1ccnc1)C(C)(C)O. The van der Waals surface area contributed by atoms with Crippen molar-refractivity contribution in [2.75, 3.05) is 5.32 Å². The third-order valence-corrected chi connectivity index (χ3v) is 3.49. The van der Waals surface area contributed by atoms with E-state index in [2.05, 4.69) is 10.3 Å². The van der Waals surface area contributed by atoms with Gasteiger partial charge in [0.25, 0.3) is 0 Å². The lowest BCUT2D eigenvalue weighted by atomic mass is 10.0. The number of rotatable bonds is 4. The van der Waals surface area contributed by atoms with Crippen molar-refractivity contribution in [3.05, 3.63) is 41.9 Å². The van der Waals surface area contributed by atoms with Crippen LogP contribution in [0.25, 0.3) is 5.69 Å². The second-order valence-corrected chi connectivity index (χ2v) is 5.53. The molecule has 1 atom stereocenters. The minimum Gasteiger partial charge on any atom is -0.388 e. The van der Waals surface area contributed by atoms with E-state index in [1.54, 1.807) is 26.4 Å². The van der Waals surface area contributed by atoms with E-state index in [-0.39, 0.29) is 6.04 Å². The van der Waals surface area contributed by atoms with Crippen molar-refractivity contribution >= 4 is 17.3 Å². The molecule has 0 aliphatic carbocycles. The molecule has 2 rings (SSSR count). The molecule has 2 N–H and O–H groups in total. The van der Waals surface area contributed by atoms with Crippen molar-refractivity contribution in [1.29, 1.82) is 0 Å². The number of nitrogens with zero attached hydrogens (tertiary/aromatic N) is 2. The Morgan fingerprint density at radius 2 is 2.16 bits per heavy atom. The summed E-state index contributed by atoms with van der Waals surface area (Å²) in [5.74, 6) is 0. The molecule has 5 heteroatoms. The summed E-state index contributed by atoms with van der Waals surface area (Å²) < 4.78 is 1.85. The second kappa shape index (κ2) is 5.23. The fraction of sp³-hybridized carbons (Fsp3) is 0.357. The lowest BCUT2D eigenvalue weighted by Crippen LogP contribution is -2.39. The minimum absolute atomic E-state index is 0.117. The van der Waals surface area contributed by atoms with Gasteiger partial charge in [-0.15, -0.1) is 0 Å². The number of hydrogen-bond acceptors (Lipinski definition) is 3. The zero-order valence-corrected chi connectivity index (χ0v) is 12.0. The van der Waals surface area contributed by atoms with E-state index in [1.807, 2.05) is 35.9 Å². The number of anilines is 1. The molecule has 4 nitrogen and oxygen atoms in total. The molecule has 1 unspecified atom stereocenters. The Kier molecular flexibility index (Phi) is 3.83. The van der Waals surface area contributed by atoms with Crippen LogP contribution in [-0.2, 0) is 0 Å². The van der Waals surface area contributed by atoms with Gasteiger partial charge in [-0.25, -0.2) is 4.98 Å². The molecule has 102 valence electrons. The fourth-order valence-electron chi connectivity index (χ4n) is 1.70. The van der Waals surface area contributed by atoms with Gasteiger partial charge in [0, 0.05) is 12.4 Å². The largest absolute Gasteiger partial charge is 0.388 e. The zero-order chi connectivity index (χ0) is 14.0. The highest BCUT2D eigenvalue weighted by atomic mass is 35.5. The summed E-state index contributed by atoms with van der Waals surface area (Å²) in [4.78, 5) is 4.04. The van der Waals surface area contributed by atoms with Crippen LogP contribution >= 0.6 is 11.6 Å². The van der Waals surface area contributed by atoms with E-state index in [4.69, 9.17) is 11.6 Å². The summed E-state index contributed by atoms with van der Waals surface area (Å²) >= 11 is 6.27. The quantitative estimate of drug-likeness (QED) is 0.904. The molecule has 0 aliphatic rings. The highest BCUT2D eigenvalue weighted by Crippen LogP contribution is 2.29. The maximum Gasteiger partial charge on any atom is 0.0992 e. The van der Waals surface area contributed by atoms with Gasteiger partial charge in [-0.2, -0.15) is 0 Å². The summed E-state index contributed by atoms with van der Waals surface area (Å²) in [6, 6.07) is 5.52. The molecule has 0 bridgehead atoms. The van der Waals surface area contributed by atoms with Crippen molar-refractivity contribution in [3.8, 4) is 5.69 Å². The van der Waals surface area contributed by atoms with Crippen LogP contribution in [0, 0.1) is 0 Å². The number of imidazole rings is 1. The highest BCUT2D eigenvalue weighted by molar-refractivity contribution is 6.33. The van der Waals surface area contributed by atoms with Crippen molar-refractivity contribution in [2.45, 2.75) is 32.4 Å². The first kappa shape index (κ1) is 13.9. The first-order valence-electron chi connectivity index (χ1n) is 6.15. The standard InChI is InChI=1S/C14H18ClN3O/c1-10(14(2,3)19)17-12-6-4-5-11(15)13(12)18-8-7-16-9-18/h4-10,17,19H,1-3H3. The van der Waals surface area contributed by atoms with E-state index >= 15 is 0 Å². The topological polar surface area (TPSA) is 50.1 Å². The summed E-state index contributed by atoms with van der Waals surface area (Å²) in [6.45, 7) is 5.47. The molecule has 0 fully saturated rings. The van der Waals surface area contributed by atoms with Gasteiger partial charge in [-0.1, -0.05) is 17.7 Å². The smallest absolute Gasteiger partial charge is 0.0992 e. The van der Waals surface area contributed by atoms with Crippen molar-refractivity contribution in [1.82, 2.24) is 9.55 Å². The third kappa shape index (κ3) is 3.08. The van der Waals surface area contributed by atoms with Crippen LogP contribution in [0.1, 0.15) is 20.8 Å². The summed E-state index contributed by atoms with van der Waals surface area (Å²) in [5, 5.41) is 14.0. The summed E-state index contributed by atoms with van der Waals surface area (Å²) in [5.41, 5.74) is 0.868. The van der Waals surface area contributed by atoms with Crippen molar-refractivity contribution in [3.63, 3.8) is 0 Å². The Balaban J connectivity index is 2.39. The number of para-hydroxylation sites is 1. The molecule has 0 spiro atoms. The van der Waals surface area contributed by atoms with Gasteiger partial charge in [0.05, 0.1) is 34.4 Å². The average molecular weight is 280 g/mol. The number of halogens is 1. The molecule has 0 radical (unpaired) electrons. The predicted octanol–water partition coefficient (Wildman–Crippen LogP) is 3.10. The van der Waals surface area contributed by atoms with Gasteiger partial charge >= 0.3 is 0 Å². The molecule has 2 aromatic rings. The van der Waals surface area contributed by atoms with Crippen molar-refractivity contribution in [2.24, 2.45) is 0 Å². The van der Waals surface area contributed by atoms with Crippen molar-refractivity contribution < 1.29 is 5.11 Å². The van der Waals surface area contributed by atoms with Crippen LogP contribution in [0.4, 0.5) is 5.69 Å². The fourth-order valence-corrected chi connectivity index (χ4v) is 1.97. The van der Waals surface area contributed by atoms with Gasteiger partial charge in [0.15, 0.2) is 0 Å². The van der Waals surface area contributed by atoms with Gasteiger partial charge in [-0.3, -0.25) is 0 Å². The molecular weight excluding hydrogens is 262 g/mol. The lowest BCUT2D eigenvalue weighted by molar-refractivity contribution is 0.0649. The van der Waals surface area contributed by atoms with Crippen LogP contribution in [0.5, 0.6) is 0 Å². The van der Waals surface area contributed by atoms with Crippen LogP contribution in [0.15, 0.2) is 36.9 Å². The highest BCUT2D eigenvalue weighted by Gasteiger charge is 2.23. The Morgan fingerprint density at radius 1 is 1.42 bits per heavy atom. The van der Waals surface area contributed by atoms with Gasteiger partial charge in [-0.05, 0) is 32.9 Å². The number of aliphatic hydroxyl groups is 1. The van der Waals surface area contributed by atoms with Crippen LogP contribution in [0.2, 0.25) is 5.02 Å². The van der Waals surface area contributed by atoms with E-state index in [0.717, 1.165) is 11.4 Å². The number of benzene rings is 1. The van der Waals surface area contributed by atoms with Gasteiger partial charge in [0.2, 0.25) is 0 Å². The summed E-state index contributed by atoms with van der Waals surface area (Å²) in [6.07, 6.45) is 5.23. The molecule has 0 amide bonds. The second-order valence-electron chi connectivity index (χ2n) is 5.13. The first-order valence-corrected chi connectivity index (χ1v) is 6.53. The summed E-state index contributed by atoms with van der Waals surface area (Å²) in [7, 11) is 0. The van der Waals surface area contributed by atoms with Gasteiger partial charge < -0.3 is 15.0 Å². The van der Waals surface area contributed by atoms with E-state index in [0.29, 0.717) is 5.02 Å². The maximum absolute atomic E-state index is 10.0. The third-order valence-electron chi connectivity index (χ3n) is 3.18. The molecule has 1 heterocycles. The molecular formula is C14H18ClN3O. The van der Waals surface area contributed by atoms with Crippen LogP contribution < -0.4 is 5.32 Å². The molecule has 0 saturated carbocycles. The first-order chi connectivity index (χ1) is 8.89. The Bertz CT molecular complexity index is 546. The van der Waals surface area contributed by atoms with E-state index in [9.17, 15) is 5.11 Å². The normalized spacial score (nSPS) is 13.3. The zero-order valence-electron chi connectivity index (χ0n) is 11.3. The van der Waals surface area contributed by atoms with Crippen LogP contribution in [0.3, 0.4) is 0 Å². The predicted molar refractivity (Wildman–Crippen MR) is 78.0 cm³/mol. The number of nitrogens with one attached hydrogen (secondary N) is 1. The number of aromatic nitrogens is 2. The Hall–Kier alpha value is -1.52. The molecule has 1 aromatic carbocycles. The Morgan fingerprint density at radius 3 is 2.74 bits per heavy atom. The van der Waals surface area contributed by atoms with E-state index in [1.165, 1.54) is 0 Å². The number of hydrogen-bond donors (Lipinski definition) is 2. The molecule has 19 heavy (non-hydrogen) atoms. The minimum atomic E-state index is -0.825. The monoisotopic (exact) mass is 279 g/mol.